The highest BCUT2D eigenvalue weighted by Gasteiger charge is 2.16. The molecule has 0 aliphatic carbocycles. The molecule has 0 fully saturated rings. The molecular weight excluding hydrogens is 233 g/mol. The average Bonchev–Trinajstić information content (AvgIpc) is 2.80. The van der Waals surface area contributed by atoms with Crippen LogP contribution in [0.3, 0.4) is 0 Å². The third-order valence-corrected chi connectivity index (χ3v) is 2.62. The van der Waals surface area contributed by atoms with Crippen LogP contribution in [0.15, 0.2) is 30.7 Å². The maximum Gasteiger partial charge on any atom is 0.215 e. The first kappa shape index (κ1) is 12.4. The summed E-state index contributed by atoms with van der Waals surface area (Å²) < 4.78 is 15.3. The number of hydrogen-bond donors (Lipinski definition) is 1. The maximum absolute atomic E-state index is 13.6. The first-order chi connectivity index (χ1) is 8.61. The molecule has 0 aliphatic rings. The fourth-order valence-electron chi connectivity index (χ4n) is 1.70. The third kappa shape index (κ3) is 2.46. The number of aromatic nitrogens is 2. The third-order valence-electron chi connectivity index (χ3n) is 2.62. The van der Waals surface area contributed by atoms with Gasteiger partial charge in [-0.2, -0.15) is 0 Å². The average molecular weight is 247 g/mol. The van der Waals surface area contributed by atoms with E-state index in [1.54, 1.807) is 16.8 Å². The lowest BCUT2D eigenvalue weighted by atomic mass is 10.1. The van der Waals surface area contributed by atoms with Gasteiger partial charge in [-0.3, -0.25) is 4.79 Å². The number of rotatable bonds is 4. The molecule has 94 valence electrons. The monoisotopic (exact) mass is 247 g/mol. The number of hydrogen-bond acceptors (Lipinski definition) is 3. The first-order valence-electron chi connectivity index (χ1n) is 5.64. The summed E-state index contributed by atoms with van der Waals surface area (Å²) >= 11 is 0. The van der Waals surface area contributed by atoms with Crippen molar-refractivity contribution in [1.82, 2.24) is 9.55 Å². The first-order valence-corrected chi connectivity index (χ1v) is 5.64. The lowest BCUT2D eigenvalue weighted by Crippen LogP contribution is -2.08. The Morgan fingerprint density at radius 1 is 1.50 bits per heavy atom. The quantitative estimate of drug-likeness (QED) is 0.833. The summed E-state index contributed by atoms with van der Waals surface area (Å²) in [5, 5.41) is 0. The highest BCUT2D eigenvalue weighted by Crippen LogP contribution is 2.14. The van der Waals surface area contributed by atoms with E-state index in [1.165, 1.54) is 18.5 Å². The summed E-state index contributed by atoms with van der Waals surface area (Å²) in [7, 11) is 0. The molecule has 1 heterocycles. The van der Waals surface area contributed by atoms with Gasteiger partial charge >= 0.3 is 0 Å². The van der Waals surface area contributed by atoms with Gasteiger partial charge in [-0.25, -0.2) is 9.37 Å². The number of nitrogens with two attached hydrogens (primary N) is 1. The standard InChI is InChI=1S/C13H14FN3O/c1-9-2-3-11(14)10(6-9)13(18)12-7-17(5-4-15)8-16-12/h2-3,6-8H,4-5,15H2,1H3. The highest BCUT2D eigenvalue weighted by molar-refractivity contribution is 6.07. The van der Waals surface area contributed by atoms with Crippen LogP contribution in [0, 0.1) is 12.7 Å². The van der Waals surface area contributed by atoms with Crippen molar-refractivity contribution in [2.75, 3.05) is 6.54 Å². The van der Waals surface area contributed by atoms with Crippen molar-refractivity contribution in [2.24, 2.45) is 5.73 Å². The molecular formula is C13H14FN3O. The molecule has 0 bridgehead atoms. The van der Waals surface area contributed by atoms with Crippen molar-refractivity contribution >= 4 is 5.78 Å². The normalized spacial score (nSPS) is 10.6. The summed E-state index contributed by atoms with van der Waals surface area (Å²) in [6.07, 6.45) is 3.10. The second-order valence-corrected chi connectivity index (χ2v) is 4.10. The lowest BCUT2D eigenvalue weighted by Gasteiger charge is -2.01. The Kier molecular flexibility index (Phi) is 3.53. The zero-order chi connectivity index (χ0) is 13.1. The van der Waals surface area contributed by atoms with Crippen LogP contribution < -0.4 is 5.73 Å². The van der Waals surface area contributed by atoms with Crippen LogP contribution in [0.2, 0.25) is 0 Å². The molecule has 1 aromatic carbocycles. The topological polar surface area (TPSA) is 60.9 Å². The van der Waals surface area contributed by atoms with Crippen molar-refractivity contribution < 1.29 is 9.18 Å². The van der Waals surface area contributed by atoms with E-state index in [0.717, 1.165) is 5.56 Å². The van der Waals surface area contributed by atoms with E-state index in [0.29, 0.717) is 13.1 Å². The van der Waals surface area contributed by atoms with Gasteiger partial charge in [0.25, 0.3) is 0 Å². The van der Waals surface area contributed by atoms with Crippen molar-refractivity contribution in [1.29, 1.82) is 0 Å². The Morgan fingerprint density at radius 2 is 2.28 bits per heavy atom. The summed E-state index contributed by atoms with van der Waals surface area (Å²) in [4.78, 5) is 16.1. The molecule has 2 rings (SSSR count). The van der Waals surface area contributed by atoms with Gasteiger partial charge in [-0.05, 0) is 19.1 Å². The molecule has 5 heteroatoms. The highest BCUT2D eigenvalue weighted by atomic mass is 19.1. The molecule has 0 spiro atoms. The molecule has 0 aliphatic heterocycles. The van der Waals surface area contributed by atoms with Crippen LogP contribution in [-0.4, -0.2) is 21.9 Å². The van der Waals surface area contributed by atoms with Gasteiger partial charge in [-0.15, -0.1) is 0 Å². The predicted octanol–water partition coefficient (Wildman–Crippen LogP) is 1.52. The Balaban J connectivity index is 2.32. The summed E-state index contributed by atoms with van der Waals surface area (Å²) in [6, 6.07) is 4.44. The number of carbonyl (C=O) groups excluding carboxylic acids is 1. The molecule has 2 aromatic rings. The van der Waals surface area contributed by atoms with Gasteiger partial charge < -0.3 is 10.3 Å². The number of imidazole rings is 1. The predicted molar refractivity (Wildman–Crippen MR) is 65.9 cm³/mol. The number of benzene rings is 1. The Bertz CT molecular complexity index is 577. The zero-order valence-corrected chi connectivity index (χ0v) is 10.1. The number of halogens is 1. The molecule has 2 N–H and O–H groups in total. The minimum Gasteiger partial charge on any atom is -0.335 e. The van der Waals surface area contributed by atoms with Gasteiger partial charge in [0.1, 0.15) is 11.5 Å². The Morgan fingerprint density at radius 3 is 3.00 bits per heavy atom. The molecule has 0 atom stereocenters. The second kappa shape index (κ2) is 5.10. The van der Waals surface area contributed by atoms with Gasteiger partial charge in [0, 0.05) is 19.3 Å². The van der Waals surface area contributed by atoms with Gasteiger partial charge in [0.15, 0.2) is 0 Å². The van der Waals surface area contributed by atoms with Crippen LogP contribution in [0.4, 0.5) is 4.39 Å². The minimum atomic E-state index is -0.529. The van der Waals surface area contributed by atoms with E-state index in [9.17, 15) is 9.18 Å². The molecule has 0 unspecified atom stereocenters. The van der Waals surface area contributed by atoms with E-state index < -0.39 is 11.6 Å². The van der Waals surface area contributed by atoms with Gasteiger partial charge in [-0.1, -0.05) is 11.6 Å². The van der Waals surface area contributed by atoms with E-state index in [1.807, 2.05) is 6.92 Å². The van der Waals surface area contributed by atoms with E-state index in [2.05, 4.69) is 4.98 Å². The smallest absolute Gasteiger partial charge is 0.215 e. The number of carbonyl (C=O) groups is 1. The van der Waals surface area contributed by atoms with Crippen molar-refractivity contribution in [3.8, 4) is 0 Å². The number of ketones is 1. The number of nitrogens with zero attached hydrogens (tertiary/aromatic N) is 2. The number of aryl methyl sites for hydroxylation is 1. The molecule has 4 nitrogen and oxygen atoms in total. The summed E-state index contributed by atoms with van der Waals surface area (Å²) in [5.74, 6) is -0.939. The Labute approximate surface area is 104 Å². The SMILES string of the molecule is Cc1ccc(F)c(C(=O)c2cn(CCN)cn2)c1. The van der Waals surface area contributed by atoms with Crippen LogP contribution in [-0.2, 0) is 6.54 Å². The maximum atomic E-state index is 13.6. The van der Waals surface area contributed by atoms with Crippen molar-refractivity contribution in [3.05, 3.63) is 53.4 Å². The second-order valence-electron chi connectivity index (χ2n) is 4.10. The van der Waals surface area contributed by atoms with Crippen molar-refractivity contribution in [2.45, 2.75) is 13.5 Å². The largest absolute Gasteiger partial charge is 0.335 e. The van der Waals surface area contributed by atoms with Crippen LogP contribution >= 0.6 is 0 Å². The molecule has 0 radical (unpaired) electrons. The van der Waals surface area contributed by atoms with Crippen molar-refractivity contribution in [3.63, 3.8) is 0 Å². The van der Waals surface area contributed by atoms with E-state index in [-0.39, 0.29) is 11.3 Å². The summed E-state index contributed by atoms with van der Waals surface area (Å²) in [6.45, 7) is 2.85. The zero-order valence-electron chi connectivity index (χ0n) is 10.1. The van der Waals surface area contributed by atoms with Gasteiger partial charge in [0.2, 0.25) is 5.78 Å². The molecule has 0 saturated heterocycles. The van der Waals surface area contributed by atoms with Crippen LogP contribution in [0.1, 0.15) is 21.6 Å². The summed E-state index contributed by atoms with van der Waals surface area (Å²) in [5.41, 5.74) is 6.52. The lowest BCUT2D eigenvalue weighted by molar-refractivity contribution is 0.103. The van der Waals surface area contributed by atoms with E-state index in [4.69, 9.17) is 5.73 Å². The fraction of sp³-hybridized carbons (Fsp3) is 0.231. The molecule has 1 aromatic heterocycles. The van der Waals surface area contributed by atoms with Gasteiger partial charge in [0.05, 0.1) is 11.9 Å². The molecule has 0 saturated carbocycles. The van der Waals surface area contributed by atoms with Crippen LogP contribution in [0.25, 0.3) is 0 Å². The fourth-order valence-corrected chi connectivity index (χ4v) is 1.70. The Hall–Kier alpha value is -2.01. The van der Waals surface area contributed by atoms with Crippen LogP contribution in [0.5, 0.6) is 0 Å². The van der Waals surface area contributed by atoms with E-state index >= 15 is 0 Å². The molecule has 18 heavy (non-hydrogen) atoms. The molecule has 0 amide bonds. The minimum absolute atomic E-state index is 0.0491.